The van der Waals surface area contributed by atoms with Crippen molar-refractivity contribution in [3.05, 3.63) is 70.2 Å². The number of fused-ring (bicyclic) bond motifs is 1. The Kier molecular flexibility index (Phi) is 8.25. The number of hydrogen-bond acceptors (Lipinski definition) is 9. The van der Waals surface area contributed by atoms with E-state index < -0.39 is 17.5 Å². The Bertz CT molecular complexity index is 1630. The maximum Gasteiger partial charge on any atom is 0.339 e. The van der Waals surface area contributed by atoms with Crippen LogP contribution in [-0.2, 0) is 4.74 Å². The van der Waals surface area contributed by atoms with E-state index in [4.69, 9.17) is 40.0 Å². The number of ether oxygens (including phenoxy) is 6. The lowest BCUT2D eigenvalue weighted by molar-refractivity contribution is 0.0598. The quantitative estimate of drug-likeness (QED) is 0.195. The van der Waals surface area contributed by atoms with Crippen LogP contribution in [0.3, 0.4) is 0 Å². The normalized spacial score (nSPS) is 10.7. The summed E-state index contributed by atoms with van der Waals surface area (Å²) in [5.41, 5.74) is 0.201. The molecular weight excluding hydrogens is 540 g/mol. The van der Waals surface area contributed by atoms with Gasteiger partial charge in [0.15, 0.2) is 28.8 Å². The minimum absolute atomic E-state index is 0.0784. The molecule has 0 heterocycles. The van der Waals surface area contributed by atoms with Gasteiger partial charge in [0.1, 0.15) is 5.75 Å². The Balaban J connectivity index is 2.32. The van der Waals surface area contributed by atoms with Crippen LogP contribution in [0.4, 0.5) is 0 Å². The summed E-state index contributed by atoms with van der Waals surface area (Å²) in [6.07, 6.45) is 0. The maximum absolute atomic E-state index is 14.0. The summed E-state index contributed by atoms with van der Waals surface area (Å²) in [6, 6.07) is 12.8. The standard InChI is InChI=1S/C30H27ClO9/c1-35-19-12-11-15(13-20(19)36-2)22-23-17(14-21(37-3)28(38-4)29(23)39-5)27(33)25(24(22)30(34)40-6)26(32)16-9-7-8-10-18(16)31/h7-14,33H,1-6H3. The Hall–Kier alpha value is -4.63. The van der Waals surface area contributed by atoms with Gasteiger partial charge in [0.25, 0.3) is 0 Å². The summed E-state index contributed by atoms with van der Waals surface area (Å²) < 4.78 is 32.9. The minimum Gasteiger partial charge on any atom is -0.506 e. The number of rotatable bonds is 9. The highest BCUT2D eigenvalue weighted by molar-refractivity contribution is 6.36. The second kappa shape index (κ2) is 11.6. The van der Waals surface area contributed by atoms with Crippen LogP contribution in [0.25, 0.3) is 21.9 Å². The number of benzene rings is 4. The monoisotopic (exact) mass is 566 g/mol. The van der Waals surface area contributed by atoms with Crippen LogP contribution in [0.2, 0.25) is 5.02 Å². The lowest BCUT2D eigenvalue weighted by atomic mass is 9.85. The maximum atomic E-state index is 14.0. The summed E-state index contributed by atoms with van der Waals surface area (Å²) in [5, 5.41) is 12.2. The van der Waals surface area contributed by atoms with Crippen molar-refractivity contribution in [2.75, 3.05) is 42.7 Å². The molecule has 10 heteroatoms. The number of carbonyl (C=O) groups is 2. The number of hydrogen-bond donors (Lipinski definition) is 1. The molecule has 0 aliphatic heterocycles. The van der Waals surface area contributed by atoms with Gasteiger partial charge in [-0.2, -0.15) is 0 Å². The fraction of sp³-hybridized carbons (Fsp3) is 0.200. The highest BCUT2D eigenvalue weighted by Crippen LogP contribution is 2.53. The van der Waals surface area contributed by atoms with Crippen molar-refractivity contribution in [1.82, 2.24) is 0 Å². The number of ketones is 1. The number of phenolic OH excluding ortho intramolecular Hbond substituents is 1. The van der Waals surface area contributed by atoms with Crippen LogP contribution in [0, 0.1) is 0 Å². The summed E-state index contributed by atoms with van der Waals surface area (Å²) in [6.45, 7) is 0. The highest BCUT2D eigenvalue weighted by atomic mass is 35.5. The van der Waals surface area contributed by atoms with Crippen molar-refractivity contribution in [3.8, 4) is 45.6 Å². The fourth-order valence-corrected chi connectivity index (χ4v) is 4.90. The van der Waals surface area contributed by atoms with E-state index in [0.717, 1.165) is 0 Å². The first-order chi connectivity index (χ1) is 19.3. The van der Waals surface area contributed by atoms with E-state index in [9.17, 15) is 14.7 Å². The third-order valence-corrected chi connectivity index (χ3v) is 6.81. The van der Waals surface area contributed by atoms with Crippen molar-refractivity contribution < 1.29 is 43.1 Å². The van der Waals surface area contributed by atoms with Crippen LogP contribution in [0.15, 0.2) is 48.5 Å². The number of esters is 1. The Morgan fingerprint density at radius 3 is 1.95 bits per heavy atom. The van der Waals surface area contributed by atoms with E-state index in [2.05, 4.69) is 0 Å². The molecule has 0 aliphatic rings. The molecule has 0 aromatic heterocycles. The highest BCUT2D eigenvalue weighted by Gasteiger charge is 2.34. The molecule has 9 nitrogen and oxygen atoms in total. The van der Waals surface area contributed by atoms with Gasteiger partial charge in [-0.15, -0.1) is 0 Å². The van der Waals surface area contributed by atoms with Gasteiger partial charge in [0, 0.05) is 21.9 Å². The zero-order chi connectivity index (χ0) is 29.1. The van der Waals surface area contributed by atoms with Crippen LogP contribution in [-0.4, -0.2) is 59.5 Å². The van der Waals surface area contributed by atoms with E-state index in [-0.39, 0.29) is 55.3 Å². The number of halogens is 1. The first-order valence-electron chi connectivity index (χ1n) is 11.9. The zero-order valence-corrected chi connectivity index (χ0v) is 23.5. The minimum atomic E-state index is -0.880. The Morgan fingerprint density at radius 2 is 1.38 bits per heavy atom. The predicted octanol–water partition coefficient (Wildman–Crippen LogP) is 5.93. The van der Waals surface area contributed by atoms with E-state index in [0.29, 0.717) is 17.1 Å². The average Bonchev–Trinajstić information content (AvgIpc) is 2.98. The summed E-state index contributed by atoms with van der Waals surface area (Å²) in [7, 11) is 8.41. The second-order valence-electron chi connectivity index (χ2n) is 8.41. The van der Waals surface area contributed by atoms with Crippen molar-refractivity contribution in [2.24, 2.45) is 0 Å². The Labute approximate surface area is 235 Å². The molecule has 0 fully saturated rings. The average molecular weight is 567 g/mol. The predicted molar refractivity (Wildman–Crippen MR) is 150 cm³/mol. The first kappa shape index (κ1) is 28.4. The molecule has 4 aromatic carbocycles. The molecule has 208 valence electrons. The number of methoxy groups -OCH3 is 6. The molecule has 0 spiro atoms. The molecule has 0 unspecified atom stereocenters. The molecule has 1 N–H and O–H groups in total. The summed E-state index contributed by atoms with van der Waals surface area (Å²) in [5.74, 6) is -0.692. The SMILES string of the molecule is COC(=O)c1c(C(=O)c2ccccc2Cl)c(O)c2cc(OC)c(OC)c(OC)c2c1-c1ccc(OC)c(OC)c1. The van der Waals surface area contributed by atoms with Crippen molar-refractivity contribution >= 4 is 34.1 Å². The number of carbonyl (C=O) groups excluding carboxylic acids is 2. The molecule has 4 rings (SSSR count). The van der Waals surface area contributed by atoms with E-state index in [1.807, 2.05) is 0 Å². The van der Waals surface area contributed by atoms with Gasteiger partial charge in [-0.25, -0.2) is 4.79 Å². The third-order valence-electron chi connectivity index (χ3n) is 6.48. The van der Waals surface area contributed by atoms with Gasteiger partial charge in [0.2, 0.25) is 5.75 Å². The van der Waals surface area contributed by atoms with E-state index >= 15 is 0 Å². The molecule has 0 radical (unpaired) electrons. The second-order valence-corrected chi connectivity index (χ2v) is 8.82. The van der Waals surface area contributed by atoms with Crippen molar-refractivity contribution in [1.29, 1.82) is 0 Å². The van der Waals surface area contributed by atoms with Gasteiger partial charge in [-0.1, -0.05) is 29.8 Å². The topological polar surface area (TPSA) is 110 Å². The first-order valence-corrected chi connectivity index (χ1v) is 12.3. The molecular formula is C30H27ClO9. The van der Waals surface area contributed by atoms with Gasteiger partial charge >= 0.3 is 5.97 Å². The lowest BCUT2D eigenvalue weighted by Gasteiger charge is -2.23. The van der Waals surface area contributed by atoms with Crippen LogP contribution < -0.4 is 23.7 Å². The van der Waals surface area contributed by atoms with Gasteiger partial charge < -0.3 is 33.5 Å². The number of aromatic hydroxyl groups is 1. The van der Waals surface area contributed by atoms with Crippen LogP contribution in [0.1, 0.15) is 26.3 Å². The molecule has 0 atom stereocenters. The smallest absolute Gasteiger partial charge is 0.339 e. The summed E-state index contributed by atoms with van der Waals surface area (Å²) >= 11 is 6.36. The molecule has 4 aromatic rings. The Morgan fingerprint density at radius 1 is 0.725 bits per heavy atom. The number of phenols is 1. The zero-order valence-electron chi connectivity index (χ0n) is 22.7. The lowest BCUT2D eigenvalue weighted by Crippen LogP contribution is -2.15. The summed E-state index contributed by atoms with van der Waals surface area (Å²) in [4.78, 5) is 27.6. The third kappa shape index (κ3) is 4.58. The molecule has 0 saturated heterocycles. The van der Waals surface area contributed by atoms with Crippen molar-refractivity contribution in [3.63, 3.8) is 0 Å². The van der Waals surface area contributed by atoms with Crippen LogP contribution >= 0.6 is 11.6 Å². The van der Waals surface area contributed by atoms with Gasteiger partial charge in [0.05, 0.1) is 58.8 Å². The van der Waals surface area contributed by atoms with Crippen LogP contribution in [0.5, 0.6) is 34.5 Å². The molecule has 40 heavy (non-hydrogen) atoms. The van der Waals surface area contributed by atoms with E-state index in [1.54, 1.807) is 30.3 Å². The fourth-order valence-electron chi connectivity index (χ4n) is 4.68. The van der Waals surface area contributed by atoms with Gasteiger partial charge in [-0.3, -0.25) is 4.79 Å². The van der Waals surface area contributed by atoms with E-state index in [1.165, 1.54) is 60.9 Å². The van der Waals surface area contributed by atoms with Gasteiger partial charge in [-0.05, 0) is 35.9 Å². The molecule has 0 bridgehead atoms. The molecule has 0 amide bonds. The molecule has 0 saturated carbocycles. The molecule has 0 aliphatic carbocycles. The largest absolute Gasteiger partial charge is 0.506 e. The van der Waals surface area contributed by atoms with Crippen molar-refractivity contribution in [2.45, 2.75) is 0 Å².